The molecule has 0 aliphatic heterocycles. The number of hydrogen-bond donors (Lipinski definition) is 1. The molecule has 0 amide bonds. The van der Waals surface area contributed by atoms with Gasteiger partial charge in [0.05, 0.1) is 12.6 Å². The van der Waals surface area contributed by atoms with E-state index < -0.39 is 0 Å². The first-order chi connectivity index (χ1) is 11.8. The molecule has 4 rings (SSSR count). The van der Waals surface area contributed by atoms with Crippen LogP contribution >= 0.6 is 0 Å². The van der Waals surface area contributed by atoms with Crippen LogP contribution < -0.4 is 10.1 Å². The number of benzene rings is 1. The molecule has 0 atom stereocenters. The van der Waals surface area contributed by atoms with Gasteiger partial charge in [0.2, 0.25) is 11.8 Å². The number of fused-ring (bicyclic) bond motifs is 3. The summed E-state index contributed by atoms with van der Waals surface area (Å²) in [6, 6.07) is 11.7. The Balaban J connectivity index is 1.78. The Morgan fingerprint density at radius 2 is 2.00 bits per heavy atom. The molecule has 0 aliphatic rings. The summed E-state index contributed by atoms with van der Waals surface area (Å²) in [7, 11) is 1.61. The molecular weight excluding hydrogens is 304 g/mol. The van der Waals surface area contributed by atoms with Crippen molar-refractivity contribution in [1.82, 2.24) is 24.6 Å². The summed E-state index contributed by atoms with van der Waals surface area (Å²) in [5.74, 6) is 1.93. The topological polar surface area (TPSA) is 77.2 Å². The summed E-state index contributed by atoms with van der Waals surface area (Å²) in [6.07, 6.45) is 1.70. The van der Waals surface area contributed by atoms with Gasteiger partial charge in [-0.15, -0.1) is 5.10 Å². The van der Waals surface area contributed by atoms with Crippen molar-refractivity contribution in [3.05, 3.63) is 54.0 Å². The second-order valence-corrected chi connectivity index (χ2v) is 5.37. The average Bonchev–Trinajstić information content (AvgIpc) is 3.02. The van der Waals surface area contributed by atoms with Crippen LogP contribution in [0.25, 0.3) is 16.6 Å². The van der Waals surface area contributed by atoms with Crippen molar-refractivity contribution in [1.29, 1.82) is 0 Å². The summed E-state index contributed by atoms with van der Waals surface area (Å²) in [6.45, 7) is 2.39. The number of nitrogens with one attached hydrogen (secondary N) is 1. The smallest absolute Gasteiger partial charge is 0.226 e. The van der Waals surface area contributed by atoms with E-state index in [0.29, 0.717) is 24.2 Å². The SMILES string of the molecule is COc1ncccc1CNc1nc2ccccc2c2nc(C)nn12. The second-order valence-electron chi connectivity index (χ2n) is 5.37. The van der Waals surface area contributed by atoms with Crippen LogP contribution in [-0.2, 0) is 6.54 Å². The number of pyridine rings is 1. The minimum Gasteiger partial charge on any atom is -0.481 e. The van der Waals surface area contributed by atoms with Gasteiger partial charge in [0, 0.05) is 23.7 Å². The first-order valence-corrected chi connectivity index (χ1v) is 7.60. The third-order valence-electron chi connectivity index (χ3n) is 3.77. The van der Waals surface area contributed by atoms with Gasteiger partial charge < -0.3 is 10.1 Å². The van der Waals surface area contributed by atoms with E-state index in [0.717, 1.165) is 22.1 Å². The van der Waals surface area contributed by atoms with Crippen LogP contribution in [0.15, 0.2) is 42.6 Å². The van der Waals surface area contributed by atoms with E-state index in [1.54, 1.807) is 17.8 Å². The fourth-order valence-electron chi connectivity index (χ4n) is 2.69. The lowest BCUT2D eigenvalue weighted by Crippen LogP contribution is -2.09. The molecule has 0 unspecified atom stereocenters. The molecule has 1 aromatic carbocycles. The Kier molecular flexibility index (Phi) is 3.45. The highest BCUT2D eigenvalue weighted by Crippen LogP contribution is 2.21. The highest BCUT2D eigenvalue weighted by molar-refractivity contribution is 5.92. The normalized spacial score (nSPS) is 11.1. The van der Waals surface area contributed by atoms with Crippen LogP contribution in [0, 0.1) is 6.92 Å². The van der Waals surface area contributed by atoms with Gasteiger partial charge >= 0.3 is 0 Å². The number of methoxy groups -OCH3 is 1. The number of hydrogen-bond acceptors (Lipinski definition) is 6. The lowest BCUT2D eigenvalue weighted by molar-refractivity contribution is 0.393. The molecule has 7 nitrogen and oxygen atoms in total. The van der Waals surface area contributed by atoms with Crippen LogP contribution in [0.2, 0.25) is 0 Å². The van der Waals surface area contributed by atoms with Gasteiger partial charge in [-0.1, -0.05) is 18.2 Å². The zero-order chi connectivity index (χ0) is 16.5. The molecular formula is C17H16N6O. The number of aromatic nitrogens is 5. The first kappa shape index (κ1) is 14.4. The molecule has 0 spiro atoms. The van der Waals surface area contributed by atoms with Crippen LogP contribution in [-0.4, -0.2) is 31.7 Å². The summed E-state index contributed by atoms with van der Waals surface area (Å²) in [5, 5.41) is 8.74. The molecule has 3 heterocycles. The fourth-order valence-corrected chi connectivity index (χ4v) is 2.69. The Morgan fingerprint density at radius 3 is 2.88 bits per heavy atom. The Bertz CT molecular complexity index is 1030. The predicted octanol–water partition coefficient (Wildman–Crippen LogP) is 2.60. The van der Waals surface area contributed by atoms with E-state index in [4.69, 9.17) is 4.74 Å². The van der Waals surface area contributed by atoms with Crippen LogP contribution in [0.3, 0.4) is 0 Å². The van der Waals surface area contributed by atoms with Gasteiger partial charge in [0.25, 0.3) is 0 Å². The molecule has 3 aromatic heterocycles. The molecule has 0 saturated heterocycles. The maximum absolute atomic E-state index is 5.29. The van der Waals surface area contributed by atoms with Gasteiger partial charge in [-0.25, -0.2) is 15.0 Å². The van der Waals surface area contributed by atoms with E-state index in [1.807, 2.05) is 43.3 Å². The van der Waals surface area contributed by atoms with Gasteiger partial charge in [0.1, 0.15) is 5.82 Å². The van der Waals surface area contributed by atoms with E-state index in [1.165, 1.54) is 0 Å². The first-order valence-electron chi connectivity index (χ1n) is 7.60. The number of rotatable bonds is 4. The monoisotopic (exact) mass is 320 g/mol. The largest absolute Gasteiger partial charge is 0.481 e. The zero-order valence-electron chi connectivity index (χ0n) is 13.4. The van der Waals surface area contributed by atoms with Crippen molar-refractivity contribution in [2.75, 3.05) is 12.4 Å². The van der Waals surface area contributed by atoms with Crippen LogP contribution in [0.5, 0.6) is 5.88 Å². The maximum atomic E-state index is 5.29. The summed E-state index contributed by atoms with van der Waals surface area (Å²) < 4.78 is 7.03. The van der Waals surface area contributed by atoms with Gasteiger partial charge in [0.15, 0.2) is 5.65 Å². The van der Waals surface area contributed by atoms with Crippen molar-refractivity contribution >= 4 is 22.5 Å². The van der Waals surface area contributed by atoms with Gasteiger partial charge in [-0.2, -0.15) is 4.52 Å². The quantitative estimate of drug-likeness (QED) is 0.623. The lowest BCUT2D eigenvalue weighted by Gasteiger charge is -2.10. The maximum Gasteiger partial charge on any atom is 0.226 e. The molecule has 0 radical (unpaired) electrons. The number of para-hydroxylation sites is 1. The number of ether oxygens (including phenoxy) is 1. The van der Waals surface area contributed by atoms with E-state index in [2.05, 4.69) is 25.4 Å². The van der Waals surface area contributed by atoms with E-state index in [9.17, 15) is 0 Å². The Hall–Kier alpha value is -3.22. The number of anilines is 1. The highest BCUT2D eigenvalue weighted by atomic mass is 16.5. The zero-order valence-corrected chi connectivity index (χ0v) is 13.4. The highest BCUT2D eigenvalue weighted by Gasteiger charge is 2.12. The second kappa shape index (κ2) is 5.77. The van der Waals surface area contributed by atoms with Gasteiger partial charge in [-0.3, -0.25) is 0 Å². The minimum absolute atomic E-state index is 0.524. The minimum atomic E-state index is 0.524. The predicted molar refractivity (Wildman–Crippen MR) is 91.1 cm³/mol. The molecule has 0 fully saturated rings. The molecule has 24 heavy (non-hydrogen) atoms. The average molecular weight is 320 g/mol. The standard InChI is InChI=1S/C17H16N6O/c1-11-20-15-13-7-3-4-8-14(13)21-17(23(15)22-11)19-10-12-6-5-9-18-16(12)24-2/h3-9H,10H2,1-2H3,(H,19,21). The molecule has 7 heteroatoms. The summed E-state index contributed by atoms with van der Waals surface area (Å²) in [4.78, 5) is 13.4. The molecule has 120 valence electrons. The van der Waals surface area contributed by atoms with Crippen molar-refractivity contribution in [2.24, 2.45) is 0 Å². The van der Waals surface area contributed by atoms with Crippen molar-refractivity contribution in [3.63, 3.8) is 0 Å². The van der Waals surface area contributed by atoms with E-state index >= 15 is 0 Å². The summed E-state index contributed by atoms with van der Waals surface area (Å²) >= 11 is 0. The number of aryl methyl sites for hydroxylation is 1. The van der Waals surface area contributed by atoms with Gasteiger partial charge in [-0.05, 0) is 25.1 Å². The molecule has 0 aliphatic carbocycles. The molecule has 0 bridgehead atoms. The van der Waals surface area contributed by atoms with Crippen LogP contribution in [0.4, 0.5) is 5.95 Å². The third kappa shape index (κ3) is 2.40. The van der Waals surface area contributed by atoms with E-state index in [-0.39, 0.29) is 0 Å². The summed E-state index contributed by atoms with van der Waals surface area (Å²) in [5.41, 5.74) is 2.61. The van der Waals surface area contributed by atoms with Crippen molar-refractivity contribution < 1.29 is 4.74 Å². The van der Waals surface area contributed by atoms with Crippen molar-refractivity contribution in [2.45, 2.75) is 13.5 Å². The molecule has 4 aromatic rings. The third-order valence-corrected chi connectivity index (χ3v) is 3.77. The molecule has 1 N–H and O–H groups in total. The van der Waals surface area contributed by atoms with Crippen molar-refractivity contribution in [3.8, 4) is 5.88 Å². The fraction of sp³-hybridized carbons (Fsp3) is 0.176. The Morgan fingerprint density at radius 1 is 1.12 bits per heavy atom. The Labute approximate surface area is 138 Å². The lowest BCUT2D eigenvalue weighted by atomic mass is 10.2. The molecule has 0 saturated carbocycles. The van der Waals surface area contributed by atoms with Crippen LogP contribution in [0.1, 0.15) is 11.4 Å². The number of nitrogens with zero attached hydrogens (tertiary/aromatic N) is 5.